The van der Waals surface area contributed by atoms with E-state index in [9.17, 15) is 4.79 Å². The summed E-state index contributed by atoms with van der Waals surface area (Å²) in [6.07, 6.45) is 13.7. The molecule has 0 saturated heterocycles. The van der Waals surface area contributed by atoms with Gasteiger partial charge in [0, 0.05) is 6.08 Å². The van der Waals surface area contributed by atoms with E-state index < -0.39 is 5.97 Å². The summed E-state index contributed by atoms with van der Waals surface area (Å²) in [4.78, 5) is 10.5. The van der Waals surface area contributed by atoms with Crippen LogP contribution in [0.3, 0.4) is 0 Å². The zero-order valence-corrected chi connectivity index (χ0v) is 15.5. The monoisotopic (exact) mass is 344 g/mol. The van der Waals surface area contributed by atoms with Gasteiger partial charge in [-0.15, -0.1) is 0 Å². The smallest absolute Gasteiger partial charge is 0.327 e. The van der Waals surface area contributed by atoms with Crippen LogP contribution in [0.1, 0.15) is 76.2 Å². The summed E-state index contributed by atoms with van der Waals surface area (Å²) < 4.78 is 5.82. The maximum Gasteiger partial charge on any atom is 0.327 e. The van der Waals surface area contributed by atoms with Crippen LogP contribution >= 0.6 is 0 Å². The lowest BCUT2D eigenvalue weighted by Gasteiger charge is -2.28. The molecule has 2 rings (SSSR count). The molecule has 0 heterocycles. The fourth-order valence-corrected chi connectivity index (χ4v) is 3.65. The van der Waals surface area contributed by atoms with Crippen molar-refractivity contribution < 1.29 is 14.6 Å². The number of ether oxygens (including phenoxy) is 1. The minimum Gasteiger partial charge on any atom is -0.494 e. The Bertz CT molecular complexity index is 525. The van der Waals surface area contributed by atoms with Crippen LogP contribution in [0.5, 0.6) is 5.75 Å². The number of benzene rings is 1. The molecule has 0 atom stereocenters. The van der Waals surface area contributed by atoms with E-state index in [4.69, 9.17) is 9.84 Å². The lowest BCUT2D eigenvalue weighted by molar-refractivity contribution is -0.131. The molecule has 3 nitrogen and oxygen atoms in total. The Morgan fingerprint density at radius 1 is 1.12 bits per heavy atom. The highest BCUT2D eigenvalue weighted by molar-refractivity contribution is 5.79. The first-order chi connectivity index (χ1) is 12.2. The van der Waals surface area contributed by atoms with Crippen molar-refractivity contribution in [1.29, 1.82) is 0 Å². The molecule has 3 heteroatoms. The first-order valence-electron chi connectivity index (χ1n) is 9.81. The van der Waals surface area contributed by atoms with Crippen LogP contribution in [0.2, 0.25) is 0 Å². The summed E-state index contributed by atoms with van der Waals surface area (Å²) in [6.45, 7) is 3.04. The number of allylic oxidation sites excluding steroid dienone is 1. The second-order valence-corrected chi connectivity index (χ2v) is 7.17. The number of hydrogen-bond donors (Lipinski definition) is 1. The maximum atomic E-state index is 10.5. The molecule has 1 aromatic rings. The molecule has 0 spiro atoms. The van der Waals surface area contributed by atoms with Crippen LogP contribution in [0, 0.1) is 5.92 Å². The van der Waals surface area contributed by atoms with Gasteiger partial charge in [0.25, 0.3) is 0 Å². The fraction of sp³-hybridized carbons (Fsp3) is 0.591. The molecule has 0 radical (unpaired) electrons. The summed E-state index contributed by atoms with van der Waals surface area (Å²) in [5.41, 5.74) is 1.41. The lowest BCUT2D eigenvalue weighted by Crippen LogP contribution is -2.13. The number of hydrogen-bond acceptors (Lipinski definition) is 2. The molecule has 1 aliphatic rings. The number of rotatable bonds is 10. The van der Waals surface area contributed by atoms with E-state index >= 15 is 0 Å². The second-order valence-electron chi connectivity index (χ2n) is 7.17. The number of carboxylic acid groups (broad SMARTS) is 1. The quantitative estimate of drug-likeness (QED) is 0.421. The Morgan fingerprint density at radius 2 is 1.84 bits per heavy atom. The van der Waals surface area contributed by atoms with Crippen LogP contribution in [0.4, 0.5) is 0 Å². The second kappa shape index (κ2) is 11.0. The van der Waals surface area contributed by atoms with E-state index in [2.05, 4.69) is 31.2 Å². The molecular formula is C22H32O3. The minimum atomic E-state index is -0.846. The predicted molar refractivity (Wildman–Crippen MR) is 102 cm³/mol. The summed E-state index contributed by atoms with van der Waals surface area (Å²) >= 11 is 0. The average Bonchev–Trinajstić information content (AvgIpc) is 2.62. The minimum absolute atomic E-state index is 0.637. The zero-order valence-electron chi connectivity index (χ0n) is 15.5. The summed E-state index contributed by atoms with van der Waals surface area (Å²) in [7, 11) is 0. The molecule has 0 aromatic heterocycles. The summed E-state index contributed by atoms with van der Waals surface area (Å²) in [6, 6.07) is 8.65. The SMILES string of the molecule is CCCCCCOc1ccc([C@H]2CC[C@H](C/C=C/C(=O)O)CC2)cc1. The third-order valence-corrected chi connectivity index (χ3v) is 5.19. The highest BCUT2D eigenvalue weighted by atomic mass is 16.5. The van der Waals surface area contributed by atoms with Crippen molar-refractivity contribution in [3.05, 3.63) is 42.0 Å². The van der Waals surface area contributed by atoms with Crippen LogP contribution < -0.4 is 4.74 Å². The Labute approximate surface area is 152 Å². The van der Waals surface area contributed by atoms with Crippen molar-refractivity contribution in [3.63, 3.8) is 0 Å². The van der Waals surface area contributed by atoms with Gasteiger partial charge in [-0.1, -0.05) is 44.4 Å². The molecule has 1 fully saturated rings. The number of carboxylic acids is 1. The van der Waals surface area contributed by atoms with Gasteiger partial charge in [-0.2, -0.15) is 0 Å². The molecule has 1 aliphatic carbocycles. The average molecular weight is 344 g/mol. The Hall–Kier alpha value is -1.77. The number of unbranched alkanes of at least 4 members (excludes halogenated alkanes) is 3. The van der Waals surface area contributed by atoms with E-state index in [1.807, 2.05) is 0 Å². The first kappa shape index (κ1) is 19.6. The Kier molecular flexibility index (Phi) is 8.58. The molecule has 138 valence electrons. The van der Waals surface area contributed by atoms with Gasteiger partial charge < -0.3 is 9.84 Å². The van der Waals surface area contributed by atoms with Gasteiger partial charge in [0.1, 0.15) is 5.75 Å². The first-order valence-corrected chi connectivity index (χ1v) is 9.81. The molecule has 0 aliphatic heterocycles. The summed E-state index contributed by atoms with van der Waals surface area (Å²) in [5.74, 6) is 1.41. The van der Waals surface area contributed by atoms with Gasteiger partial charge in [0.15, 0.2) is 0 Å². The van der Waals surface area contributed by atoms with Crippen LogP contribution in [0.25, 0.3) is 0 Å². The number of aliphatic carboxylic acids is 1. The van der Waals surface area contributed by atoms with Gasteiger partial charge in [-0.3, -0.25) is 0 Å². The van der Waals surface area contributed by atoms with Crippen molar-refractivity contribution in [2.75, 3.05) is 6.61 Å². The van der Waals surface area contributed by atoms with E-state index in [1.54, 1.807) is 6.08 Å². The lowest BCUT2D eigenvalue weighted by atomic mass is 9.77. The van der Waals surface area contributed by atoms with Gasteiger partial charge in [0.05, 0.1) is 6.61 Å². The van der Waals surface area contributed by atoms with Gasteiger partial charge in [-0.25, -0.2) is 4.79 Å². The topological polar surface area (TPSA) is 46.5 Å². The van der Waals surface area contributed by atoms with E-state index in [-0.39, 0.29) is 0 Å². The third kappa shape index (κ3) is 7.33. The normalized spacial score (nSPS) is 20.7. The third-order valence-electron chi connectivity index (χ3n) is 5.19. The maximum absolute atomic E-state index is 10.5. The molecule has 25 heavy (non-hydrogen) atoms. The van der Waals surface area contributed by atoms with Crippen molar-refractivity contribution in [3.8, 4) is 5.75 Å². The van der Waals surface area contributed by atoms with Crippen molar-refractivity contribution in [1.82, 2.24) is 0 Å². The van der Waals surface area contributed by atoms with E-state index in [0.29, 0.717) is 11.8 Å². The Balaban J connectivity index is 1.71. The highest BCUT2D eigenvalue weighted by Gasteiger charge is 2.21. The van der Waals surface area contributed by atoms with Crippen LogP contribution in [-0.2, 0) is 4.79 Å². The van der Waals surface area contributed by atoms with E-state index in [0.717, 1.165) is 25.2 Å². The van der Waals surface area contributed by atoms with E-state index in [1.165, 1.54) is 56.6 Å². The molecule has 1 saturated carbocycles. The van der Waals surface area contributed by atoms with Crippen LogP contribution in [0.15, 0.2) is 36.4 Å². The van der Waals surface area contributed by atoms with Gasteiger partial charge >= 0.3 is 5.97 Å². The fourth-order valence-electron chi connectivity index (χ4n) is 3.65. The van der Waals surface area contributed by atoms with Gasteiger partial charge in [0.2, 0.25) is 0 Å². The van der Waals surface area contributed by atoms with Crippen molar-refractivity contribution in [2.24, 2.45) is 5.92 Å². The molecule has 0 unspecified atom stereocenters. The molecule has 1 N–H and O–H groups in total. The van der Waals surface area contributed by atoms with Crippen LogP contribution in [-0.4, -0.2) is 17.7 Å². The van der Waals surface area contributed by atoms with Crippen molar-refractivity contribution >= 4 is 5.97 Å². The van der Waals surface area contributed by atoms with Crippen molar-refractivity contribution in [2.45, 2.75) is 70.6 Å². The largest absolute Gasteiger partial charge is 0.494 e. The number of carbonyl (C=O) groups is 1. The Morgan fingerprint density at radius 3 is 2.48 bits per heavy atom. The molecule has 0 amide bonds. The summed E-state index contributed by atoms with van der Waals surface area (Å²) in [5, 5.41) is 8.65. The molecule has 1 aromatic carbocycles. The standard InChI is InChI=1S/C22H32O3/c1-2-3-4-5-17-25-21-15-13-20(14-16-21)19-11-9-18(10-12-19)7-6-8-22(23)24/h6,8,13-16,18-19H,2-5,7,9-12,17H2,1H3,(H,23,24)/b8-6+/t18-,19-. The molecule has 0 bridgehead atoms. The van der Waals surface area contributed by atoms with Gasteiger partial charge in [-0.05, 0) is 68.1 Å². The predicted octanol–water partition coefficient (Wildman–Crippen LogP) is 5.95. The highest BCUT2D eigenvalue weighted by Crippen LogP contribution is 2.37. The zero-order chi connectivity index (χ0) is 17.9. The molecular weight excluding hydrogens is 312 g/mol.